The Morgan fingerprint density at radius 2 is 1.07 bits per heavy atom. The predicted octanol–water partition coefficient (Wildman–Crippen LogP) is 3.68. The van der Waals surface area contributed by atoms with E-state index in [1.165, 1.54) is 0 Å². The quantitative estimate of drug-likeness (QED) is 0.764. The first-order chi connectivity index (χ1) is 14.3. The number of methoxy groups -OCH3 is 2. The zero-order valence-electron chi connectivity index (χ0n) is 17.3. The van der Waals surface area contributed by atoms with Crippen LogP contribution in [-0.2, 0) is 22.3 Å². The van der Waals surface area contributed by atoms with Crippen molar-refractivity contribution in [2.24, 2.45) is 0 Å². The van der Waals surface area contributed by atoms with E-state index in [-0.39, 0.29) is 0 Å². The summed E-state index contributed by atoms with van der Waals surface area (Å²) in [4.78, 5) is 0. The maximum Gasteiger partial charge on any atom is 0.125 e. The van der Waals surface area contributed by atoms with Crippen LogP contribution in [0.3, 0.4) is 0 Å². The van der Waals surface area contributed by atoms with Gasteiger partial charge in [0.05, 0.1) is 40.6 Å². The van der Waals surface area contributed by atoms with E-state index < -0.39 is 0 Å². The Hall–Kier alpha value is -2.44. The van der Waals surface area contributed by atoms with Crippen molar-refractivity contribution in [3.63, 3.8) is 0 Å². The maximum atomic E-state index is 5.76. The summed E-state index contributed by atoms with van der Waals surface area (Å²) >= 11 is 0. The third kappa shape index (κ3) is 6.54. The molecule has 5 rings (SSSR count). The lowest BCUT2D eigenvalue weighted by molar-refractivity contribution is 0.0273. The monoisotopic (exact) mass is 402 g/mol. The molecule has 0 spiro atoms. The van der Waals surface area contributed by atoms with Crippen molar-refractivity contribution in [1.29, 1.82) is 0 Å². The highest BCUT2D eigenvalue weighted by Crippen LogP contribution is 2.29. The third-order valence-electron chi connectivity index (χ3n) is 4.77. The number of rotatable bonds is 2. The van der Waals surface area contributed by atoms with E-state index in [1.54, 1.807) is 14.2 Å². The minimum Gasteiger partial charge on any atom is -0.496 e. The molecule has 29 heavy (non-hydrogen) atoms. The van der Waals surface area contributed by atoms with Crippen molar-refractivity contribution < 1.29 is 28.4 Å². The van der Waals surface area contributed by atoms with Gasteiger partial charge in [-0.05, 0) is 42.5 Å². The third-order valence-corrected chi connectivity index (χ3v) is 4.77. The van der Waals surface area contributed by atoms with Crippen LogP contribution in [0.1, 0.15) is 17.5 Å². The van der Waals surface area contributed by atoms with Gasteiger partial charge in [0.1, 0.15) is 36.2 Å². The number of aryl methyl sites for hydroxylation is 2. The summed E-state index contributed by atoms with van der Waals surface area (Å²) in [6.45, 7) is 3.03. The lowest BCUT2D eigenvalue weighted by Gasteiger charge is -2.13. The summed E-state index contributed by atoms with van der Waals surface area (Å²) in [5, 5.41) is 0. The van der Waals surface area contributed by atoms with E-state index in [4.69, 9.17) is 28.4 Å². The van der Waals surface area contributed by atoms with Gasteiger partial charge in [-0.3, -0.25) is 0 Å². The van der Waals surface area contributed by atoms with Crippen LogP contribution in [0.25, 0.3) is 0 Å². The first kappa shape index (κ1) is 21.3. The number of ether oxygens (including phenoxy) is 6. The van der Waals surface area contributed by atoms with E-state index in [0.29, 0.717) is 39.6 Å². The predicted molar refractivity (Wildman–Crippen MR) is 111 cm³/mol. The van der Waals surface area contributed by atoms with Crippen LogP contribution in [0.2, 0.25) is 0 Å². The van der Waals surface area contributed by atoms with E-state index in [1.807, 2.05) is 24.3 Å². The molecule has 0 saturated carbocycles. The minimum atomic E-state index is 0.486. The standard InChI is InChI=1S/C23H30O6/c1-24-22-16-20-8-6-18(22)4-3-5-19-7-9-21(17-23(19)25-2)29-15-13-27-11-10-26-12-14-28-20/h6-9,16-17H,3-5,10-15H2,1-2H3. The van der Waals surface area contributed by atoms with Gasteiger partial charge in [-0.15, -0.1) is 0 Å². The number of hydrogen-bond donors (Lipinski definition) is 0. The van der Waals surface area contributed by atoms with Gasteiger partial charge in [0, 0.05) is 12.1 Å². The van der Waals surface area contributed by atoms with Crippen molar-refractivity contribution in [3.05, 3.63) is 47.5 Å². The average Bonchev–Trinajstić information content (AvgIpc) is 2.75. The Balaban J connectivity index is 1.71. The second-order valence-corrected chi connectivity index (χ2v) is 6.72. The largest absolute Gasteiger partial charge is 0.496 e. The van der Waals surface area contributed by atoms with Crippen molar-refractivity contribution in [2.45, 2.75) is 19.3 Å². The second kappa shape index (κ2) is 11.5. The summed E-state index contributed by atoms with van der Waals surface area (Å²) in [6, 6.07) is 12.0. The normalized spacial score (nSPS) is 16.3. The highest BCUT2D eigenvalue weighted by Gasteiger charge is 2.09. The number of benzene rings is 2. The van der Waals surface area contributed by atoms with Gasteiger partial charge in [-0.25, -0.2) is 0 Å². The Kier molecular flexibility index (Phi) is 8.46. The molecule has 3 aliphatic heterocycles. The molecule has 6 heteroatoms. The lowest BCUT2D eigenvalue weighted by atomic mass is 10.0. The fraction of sp³-hybridized carbons (Fsp3) is 0.478. The van der Waals surface area contributed by atoms with Gasteiger partial charge >= 0.3 is 0 Å². The highest BCUT2D eigenvalue weighted by atomic mass is 16.6. The molecule has 3 heterocycles. The smallest absolute Gasteiger partial charge is 0.125 e. The zero-order chi connectivity index (χ0) is 20.3. The van der Waals surface area contributed by atoms with Gasteiger partial charge in [0.2, 0.25) is 0 Å². The number of hydrogen-bond acceptors (Lipinski definition) is 6. The highest BCUT2D eigenvalue weighted by molar-refractivity contribution is 5.42. The summed E-state index contributed by atoms with van der Waals surface area (Å²) in [7, 11) is 3.38. The molecule has 2 aromatic rings. The van der Waals surface area contributed by atoms with Gasteiger partial charge in [-0.1, -0.05) is 12.1 Å². The van der Waals surface area contributed by atoms with Crippen LogP contribution < -0.4 is 18.9 Å². The molecule has 2 aromatic carbocycles. The fourth-order valence-corrected chi connectivity index (χ4v) is 3.27. The summed E-state index contributed by atoms with van der Waals surface area (Å²) in [5.74, 6) is 3.26. The van der Waals surface area contributed by atoms with Gasteiger partial charge in [0.25, 0.3) is 0 Å². The minimum absolute atomic E-state index is 0.486. The zero-order valence-corrected chi connectivity index (χ0v) is 17.3. The van der Waals surface area contributed by atoms with Crippen LogP contribution in [0.5, 0.6) is 23.0 Å². The Morgan fingerprint density at radius 3 is 1.52 bits per heavy atom. The van der Waals surface area contributed by atoms with E-state index in [9.17, 15) is 0 Å². The summed E-state index contributed by atoms with van der Waals surface area (Å²) < 4.78 is 33.7. The second-order valence-electron chi connectivity index (χ2n) is 6.72. The molecule has 0 fully saturated rings. The van der Waals surface area contributed by atoms with E-state index >= 15 is 0 Å². The molecule has 4 bridgehead atoms. The van der Waals surface area contributed by atoms with Crippen LogP contribution >= 0.6 is 0 Å². The average molecular weight is 402 g/mol. The molecule has 6 nitrogen and oxygen atoms in total. The Bertz CT molecular complexity index is 698. The van der Waals surface area contributed by atoms with Crippen molar-refractivity contribution in [3.8, 4) is 23.0 Å². The lowest BCUT2D eigenvalue weighted by Crippen LogP contribution is -2.13. The Labute approximate surface area is 172 Å². The summed E-state index contributed by atoms with van der Waals surface area (Å²) in [6.07, 6.45) is 2.80. The van der Waals surface area contributed by atoms with Crippen LogP contribution in [-0.4, -0.2) is 53.9 Å². The van der Waals surface area contributed by atoms with Crippen molar-refractivity contribution in [1.82, 2.24) is 0 Å². The molecule has 0 unspecified atom stereocenters. The molecule has 0 aromatic heterocycles. The molecule has 0 aliphatic carbocycles. The molecule has 0 amide bonds. The Morgan fingerprint density at radius 1 is 0.621 bits per heavy atom. The van der Waals surface area contributed by atoms with Crippen molar-refractivity contribution >= 4 is 0 Å². The molecular formula is C23H30O6. The van der Waals surface area contributed by atoms with Crippen LogP contribution in [0.15, 0.2) is 36.4 Å². The fourth-order valence-electron chi connectivity index (χ4n) is 3.27. The molecule has 0 radical (unpaired) electrons. The SMILES string of the molecule is COc1cc2ccc1CCCc1ccc(cc1OC)OCCOCCOCCO2. The maximum absolute atomic E-state index is 5.76. The van der Waals surface area contributed by atoms with Gasteiger partial charge < -0.3 is 28.4 Å². The first-order valence-corrected chi connectivity index (χ1v) is 10.0. The van der Waals surface area contributed by atoms with Gasteiger partial charge in [-0.2, -0.15) is 0 Å². The number of fused-ring (bicyclic) bond motifs is 2. The topological polar surface area (TPSA) is 55.4 Å². The van der Waals surface area contributed by atoms with Crippen LogP contribution in [0, 0.1) is 0 Å². The molecule has 0 N–H and O–H groups in total. The molecular weight excluding hydrogens is 372 g/mol. The molecule has 158 valence electrons. The molecule has 3 aliphatic rings. The first-order valence-electron chi connectivity index (χ1n) is 10.0. The summed E-state index contributed by atoms with van der Waals surface area (Å²) in [5.41, 5.74) is 2.33. The van der Waals surface area contributed by atoms with Gasteiger partial charge in [0.15, 0.2) is 0 Å². The van der Waals surface area contributed by atoms with Crippen LogP contribution in [0.4, 0.5) is 0 Å². The van der Waals surface area contributed by atoms with Crippen molar-refractivity contribution in [2.75, 3.05) is 53.9 Å². The molecule has 0 saturated heterocycles. The van der Waals surface area contributed by atoms with E-state index in [2.05, 4.69) is 12.1 Å². The molecule has 0 atom stereocenters. The van der Waals surface area contributed by atoms with E-state index in [0.717, 1.165) is 53.4 Å².